The molecule has 2 aromatic carbocycles. The van der Waals surface area contributed by atoms with Gasteiger partial charge in [0.05, 0.1) is 23.4 Å². The molecule has 34 heavy (non-hydrogen) atoms. The molecule has 8 nitrogen and oxygen atoms in total. The normalized spacial score (nSPS) is 20.6. The zero-order valence-electron chi connectivity index (χ0n) is 18.4. The van der Waals surface area contributed by atoms with Gasteiger partial charge in [-0.25, -0.2) is 9.67 Å². The Hall–Kier alpha value is -3.56. The molecule has 2 aromatic heterocycles. The lowest BCUT2D eigenvalue weighted by Gasteiger charge is -2.45. The number of carbonyl (C=O) groups is 2. The minimum Gasteiger partial charge on any atom is -0.338 e. The average Bonchev–Trinajstić information content (AvgIpc) is 3.58. The van der Waals surface area contributed by atoms with E-state index < -0.39 is 0 Å². The van der Waals surface area contributed by atoms with Crippen molar-refractivity contribution in [2.24, 2.45) is 11.7 Å². The SMILES string of the molecule is NC1CCN(C(=O)c2nccs2)C1C1CN(C(=O)c2ccc3c(cnn3-c3ccccc3)c2)C1. The highest BCUT2D eigenvalue weighted by Gasteiger charge is 2.46. The maximum atomic E-state index is 13.2. The van der Waals surface area contributed by atoms with Crippen LogP contribution in [0.4, 0.5) is 0 Å². The first kappa shape index (κ1) is 21.0. The van der Waals surface area contributed by atoms with Gasteiger partial charge in [-0.05, 0) is 36.8 Å². The Bertz CT molecular complexity index is 1350. The molecule has 6 rings (SSSR count). The number of amides is 2. The summed E-state index contributed by atoms with van der Waals surface area (Å²) < 4.78 is 1.87. The topological polar surface area (TPSA) is 97.3 Å². The molecule has 2 unspecified atom stereocenters. The number of hydrogen-bond donors (Lipinski definition) is 1. The van der Waals surface area contributed by atoms with Gasteiger partial charge in [0.25, 0.3) is 11.8 Å². The fourth-order valence-electron chi connectivity index (χ4n) is 5.15. The lowest BCUT2D eigenvalue weighted by atomic mass is 9.87. The molecule has 0 radical (unpaired) electrons. The van der Waals surface area contributed by atoms with E-state index in [0.717, 1.165) is 23.0 Å². The zero-order chi connectivity index (χ0) is 23.2. The molecular formula is C25H24N6O2S. The van der Waals surface area contributed by atoms with Crippen LogP contribution in [0.5, 0.6) is 0 Å². The number of likely N-dealkylation sites (tertiary alicyclic amines) is 2. The summed E-state index contributed by atoms with van der Waals surface area (Å²) in [6, 6.07) is 15.5. The molecule has 9 heteroatoms. The Morgan fingerprint density at radius 1 is 1.06 bits per heavy atom. The summed E-state index contributed by atoms with van der Waals surface area (Å²) >= 11 is 1.35. The van der Waals surface area contributed by atoms with Crippen LogP contribution < -0.4 is 5.73 Å². The fourth-order valence-corrected chi connectivity index (χ4v) is 5.74. The molecule has 2 fully saturated rings. The number of nitrogens with two attached hydrogens (primary N) is 1. The lowest BCUT2D eigenvalue weighted by Crippen LogP contribution is -2.61. The van der Waals surface area contributed by atoms with E-state index in [-0.39, 0.29) is 29.8 Å². The number of nitrogens with zero attached hydrogens (tertiary/aromatic N) is 5. The van der Waals surface area contributed by atoms with Crippen molar-refractivity contribution in [2.45, 2.75) is 18.5 Å². The molecular weight excluding hydrogens is 448 g/mol. The highest BCUT2D eigenvalue weighted by molar-refractivity contribution is 7.11. The molecule has 0 spiro atoms. The van der Waals surface area contributed by atoms with E-state index in [1.807, 2.05) is 68.4 Å². The van der Waals surface area contributed by atoms with Crippen molar-refractivity contribution in [1.29, 1.82) is 0 Å². The number of hydrogen-bond acceptors (Lipinski definition) is 6. The van der Waals surface area contributed by atoms with E-state index in [2.05, 4.69) is 10.1 Å². The highest BCUT2D eigenvalue weighted by atomic mass is 32.1. The first-order valence-electron chi connectivity index (χ1n) is 11.4. The molecule has 0 saturated carbocycles. The molecule has 2 atom stereocenters. The van der Waals surface area contributed by atoms with Gasteiger partial charge in [0.2, 0.25) is 0 Å². The molecule has 2 aliphatic heterocycles. The summed E-state index contributed by atoms with van der Waals surface area (Å²) in [7, 11) is 0. The van der Waals surface area contributed by atoms with Gasteiger partial charge in [0.15, 0.2) is 5.01 Å². The summed E-state index contributed by atoms with van der Waals surface area (Å²) in [6.07, 6.45) is 4.21. The maximum Gasteiger partial charge on any atom is 0.283 e. The van der Waals surface area contributed by atoms with Gasteiger partial charge in [-0.2, -0.15) is 5.10 Å². The van der Waals surface area contributed by atoms with Gasteiger partial charge in [0.1, 0.15) is 0 Å². The van der Waals surface area contributed by atoms with Crippen LogP contribution in [0.2, 0.25) is 0 Å². The molecule has 4 aromatic rings. The van der Waals surface area contributed by atoms with Crippen LogP contribution >= 0.6 is 11.3 Å². The number of carbonyl (C=O) groups excluding carboxylic acids is 2. The number of fused-ring (bicyclic) bond motifs is 1. The third-order valence-electron chi connectivity index (χ3n) is 6.87. The van der Waals surface area contributed by atoms with Crippen molar-refractivity contribution in [3.05, 3.63) is 76.9 Å². The minimum atomic E-state index is -0.0775. The molecule has 2 aliphatic rings. The Labute approximate surface area is 200 Å². The third-order valence-corrected chi connectivity index (χ3v) is 7.63. The van der Waals surface area contributed by atoms with Crippen molar-refractivity contribution in [3.63, 3.8) is 0 Å². The standard InChI is InChI=1S/C25H24N6O2S/c26-20-8-10-30(25(33)23-27-9-11-34-23)22(20)18-14-29(15-18)24(32)16-6-7-21-17(12-16)13-28-31(21)19-4-2-1-3-5-19/h1-7,9,11-13,18,20,22H,8,10,14-15,26H2. The average molecular weight is 473 g/mol. The van der Waals surface area contributed by atoms with Gasteiger partial charge in [-0.15, -0.1) is 11.3 Å². The lowest BCUT2D eigenvalue weighted by molar-refractivity contribution is 0.0244. The Morgan fingerprint density at radius 2 is 1.88 bits per heavy atom. The fraction of sp³-hybridized carbons (Fsp3) is 0.280. The van der Waals surface area contributed by atoms with Crippen molar-refractivity contribution in [2.75, 3.05) is 19.6 Å². The van der Waals surface area contributed by atoms with E-state index in [1.165, 1.54) is 11.3 Å². The molecule has 0 bridgehead atoms. The molecule has 4 heterocycles. The first-order chi connectivity index (χ1) is 16.6. The van der Waals surface area contributed by atoms with Gasteiger partial charge < -0.3 is 15.5 Å². The predicted octanol–water partition coefficient (Wildman–Crippen LogP) is 2.80. The number of benzene rings is 2. The number of thiazole rings is 1. The zero-order valence-corrected chi connectivity index (χ0v) is 19.3. The van der Waals surface area contributed by atoms with Crippen LogP contribution in [-0.4, -0.2) is 68.1 Å². The van der Waals surface area contributed by atoms with E-state index in [0.29, 0.717) is 30.2 Å². The summed E-state index contributed by atoms with van der Waals surface area (Å²) in [5.74, 6) is 0.114. The minimum absolute atomic E-state index is 0.00465. The molecule has 2 amide bonds. The van der Waals surface area contributed by atoms with Crippen LogP contribution in [0.15, 0.2) is 66.3 Å². The van der Waals surface area contributed by atoms with Crippen molar-refractivity contribution >= 4 is 34.1 Å². The summed E-state index contributed by atoms with van der Waals surface area (Å²) in [6.45, 7) is 1.83. The van der Waals surface area contributed by atoms with Gasteiger partial charge in [-0.3, -0.25) is 9.59 Å². The molecule has 0 aliphatic carbocycles. The van der Waals surface area contributed by atoms with Crippen LogP contribution in [0.3, 0.4) is 0 Å². The Kier molecular flexibility index (Phi) is 5.15. The van der Waals surface area contributed by atoms with Crippen LogP contribution in [0.1, 0.15) is 26.6 Å². The van der Waals surface area contributed by atoms with Gasteiger partial charge in [-0.1, -0.05) is 18.2 Å². The monoisotopic (exact) mass is 472 g/mol. The smallest absolute Gasteiger partial charge is 0.283 e. The van der Waals surface area contributed by atoms with E-state index in [9.17, 15) is 9.59 Å². The first-order valence-corrected chi connectivity index (χ1v) is 12.3. The summed E-state index contributed by atoms with van der Waals surface area (Å²) in [4.78, 5) is 33.9. The number of rotatable bonds is 4. The van der Waals surface area contributed by atoms with Crippen LogP contribution in [0.25, 0.3) is 16.6 Å². The largest absolute Gasteiger partial charge is 0.338 e. The summed E-state index contributed by atoms with van der Waals surface area (Å²) in [5, 5.41) is 7.72. The molecule has 2 saturated heterocycles. The Balaban J connectivity index is 1.16. The van der Waals surface area contributed by atoms with E-state index in [4.69, 9.17) is 5.73 Å². The van der Waals surface area contributed by atoms with Crippen molar-refractivity contribution < 1.29 is 9.59 Å². The van der Waals surface area contributed by atoms with Crippen LogP contribution in [-0.2, 0) is 0 Å². The second-order valence-corrected chi connectivity index (χ2v) is 9.81. The predicted molar refractivity (Wildman–Crippen MR) is 130 cm³/mol. The number of aromatic nitrogens is 3. The van der Waals surface area contributed by atoms with Gasteiger partial charge in [0, 0.05) is 54.1 Å². The van der Waals surface area contributed by atoms with E-state index >= 15 is 0 Å². The highest BCUT2D eigenvalue weighted by Crippen LogP contribution is 2.32. The quantitative estimate of drug-likeness (QED) is 0.493. The van der Waals surface area contributed by atoms with Crippen molar-refractivity contribution in [3.8, 4) is 5.69 Å². The maximum absolute atomic E-state index is 13.2. The second-order valence-electron chi connectivity index (χ2n) is 8.91. The second kappa shape index (κ2) is 8.34. The van der Waals surface area contributed by atoms with Gasteiger partial charge >= 0.3 is 0 Å². The van der Waals surface area contributed by atoms with Crippen LogP contribution in [0, 0.1) is 5.92 Å². The molecule has 172 valence electrons. The van der Waals surface area contributed by atoms with Crippen molar-refractivity contribution in [1.82, 2.24) is 24.6 Å². The Morgan fingerprint density at radius 3 is 2.65 bits per heavy atom. The third kappa shape index (κ3) is 3.48. The summed E-state index contributed by atoms with van der Waals surface area (Å²) in [5.41, 5.74) is 8.97. The van der Waals surface area contributed by atoms with E-state index in [1.54, 1.807) is 12.4 Å². The molecule has 2 N–H and O–H groups in total. The number of para-hydroxylation sites is 1.